The number of para-hydroxylation sites is 1. The molecule has 0 unspecified atom stereocenters. The smallest absolute Gasteiger partial charge is 0.228 e. The number of ketones is 1. The molecule has 1 aliphatic carbocycles. The molecule has 3 aromatic rings. The van der Waals surface area contributed by atoms with Gasteiger partial charge in [-0.05, 0) is 36.1 Å². The van der Waals surface area contributed by atoms with Crippen LogP contribution in [-0.2, 0) is 11.2 Å². The number of carbonyl (C=O) groups excluding carboxylic acids is 2. The van der Waals surface area contributed by atoms with Crippen LogP contribution in [0.2, 0.25) is 0 Å². The van der Waals surface area contributed by atoms with Gasteiger partial charge >= 0.3 is 0 Å². The molecule has 0 radical (unpaired) electrons. The number of nitrogens with one attached hydrogen (secondary N) is 3. The van der Waals surface area contributed by atoms with Crippen molar-refractivity contribution in [3.63, 3.8) is 0 Å². The minimum absolute atomic E-state index is 0.0880. The van der Waals surface area contributed by atoms with Gasteiger partial charge in [0.1, 0.15) is 5.82 Å². The number of carbonyl (C=O) groups is 2. The molecule has 160 valence electrons. The highest BCUT2D eigenvalue weighted by Crippen LogP contribution is 2.43. The number of amides is 1. The Bertz CT molecular complexity index is 1130. The molecule has 6 nitrogen and oxygen atoms in total. The van der Waals surface area contributed by atoms with E-state index in [0.29, 0.717) is 12.2 Å². The highest BCUT2D eigenvalue weighted by molar-refractivity contribution is 6.08. The number of hydrogen-bond acceptors (Lipinski definition) is 4. The zero-order valence-corrected chi connectivity index (χ0v) is 18.4. The van der Waals surface area contributed by atoms with Crippen LogP contribution in [-0.4, -0.2) is 21.7 Å². The molecule has 4 rings (SSSR count). The molecule has 1 amide bonds. The lowest BCUT2D eigenvalue weighted by Crippen LogP contribution is -2.26. The number of aromatic amines is 1. The molecule has 1 aromatic carbocycles. The molecule has 3 N–H and O–H groups in total. The van der Waals surface area contributed by atoms with Gasteiger partial charge in [-0.2, -0.15) is 0 Å². The first-order chi connectivity index (χ1) is 14.7. The van der Waals surface area contributed by atoms with Gasteiger partial charge in [0.25, 0.3) is 0 Å². The molecule has 0 saturated heterocycles. The van der Waals surface area contributed by atoms with Gasteiger partial charge in [-0.1, -0.05) is 45.9 Å². The van der Waals surface area contributed by atoms with Gasteiger partial charge in [0.15, 0.2) is 5.78 Å². The summed E-state index contributed by atoms with van der Waals surface area (Å²) in [5.41, 5.74) is 4.93. The van der Waals surface area contributed by atoms with Crippen molar-refractivity contribution in [1.82, 2.24) is 9.97 Å². The lowest BCUT2D eigenvalue weighted by atomic mass is 9.76. The molecule has 2 heterocycles. The number of H-pyrrole nitrogens is 1. The van der Waals surface area contributed by atoms with Crippen molar-refractivity contribution in [1.29, 1.82) is 0 Å². The van der Waals surface area contributed by atoms with Crippen LogP contribution in [0.5, 0.6) is 0 Å². The van der Waals surface area contributed by atoms with E-state index in [4.69, 9.17) is 0 Å². The molecule has 0 bridgehead atoms. The average molecular weight is 417 g/mol. The van der Waals surface area contributed by atoms with Crippen molar-refractivity contribution in [3.05, 3.63) is 59.9 Å². The summed E-state index contributed by atoms with van der Waals surface area (Å²) in [5.74, 6) is 0.393. The summed E-state index contributed by atoms with van der Waals surface area (Å²) in [6.07, 6.45) is 2.97. The van der Waals surface area contributed by atoms with Crippen molar-refractivity contribution in [2.24, 2.45) is 11.3 Å². The number of anilines is 3. The molecule has 31 heavy (non-hydrogen) atoms. The molecule has 2 aromatic heterocycles. The Kier molecular flexibility index (Phi) is 5.39. The first kappa shape index (κ1) is 20.8. The normalized spacial score (nSPS) is 14.9. The van der Waals surface area contributed by atoms with Crippen LogP contribution in [0.25, 0.3) is 11.3 Å². The third-order valence-corrected chi connectivity index (χ3v) is 5.52. The molecule has 0 atom stereocenters. The van der Waals surface area contributed by atoms with Crippen molar-refractivity contribution in [2.45, 2.75) is 40.5 Å². The summed E-state index contributed by atoms with van der Waals surface area (Å²) < 4.78 is 0. The zero-order chi connectivity index (χ0) is 22.2. The predicted octanol–water partition coefficient (Wildman–Crippen LogP) is 5.57. The third kappa shape index (κ3) is 4.38. The summed E-state index contributed by atoms with van der Waals surface area (Å²) in [6.45, 7) is 7.91. The fourth-order valence-electron chi connectivity index (χ4n) is 3.99. The van der Waals surface area contributed by atoms with Gasteiger partial charge in [0.05, 0.1) is 16.9 Å². The maximum atomic E-state index is 13.1. The molecule has 0 saturated carbocycles. The van der Waals surface area contributed by atoms with E-state index in [9.17, 15) is 9.59 Å². The fourth-order valence-corrected chi connectivity index (χ4v) is 3.99. The van der Waals surface area contributed by atoms with Crippen LogP contribution in [0.15, 0.2) is 48.7 Å². The Morgan fingerprint density at radius 2 is 1.87 bits per heavy atom. The minimum atomic E-state index is -0.140. The second-order valence-corrected chi connectivity index (χ2v) is 9.23. The number of rotatable bonds is 5. The maximum Gasteiger partial charge on any atom is 0.228 e. The van der Waals surface area contributed by atoms with E-state index in [1.165, 1.54) is 0 Å². The number of pyridine rings is 1. The average Bonchev–Trinajstić information content (AvgIpc) is 3.06. The number of benzene rings is 1. The Labute approximate surface area is 182 Å². The second-order valence-electron chi connectivity index (χ2n) is 9.23. The lowest BCUT2D eigenvalue weighted by molar-refractivity contribution is -0.118. The second kappa shape index (κ2) is 8.02. The lowest BCUT2D eigenvalue weighted by Gasteiger charge is -2.28. The Hall–Kier alpha value is -3.41. The summed E-state index contributed by atoms with van der Waals surface area (Å²) in [6, 6.07) is 13.5. The number of Topliss-reactive ketones (excluding diaryl/α,β-unsaturated/α-hetero) is 1. The van der Waals surface area contributed by atoms with Gasteiger partial charge in [-0.15, -0.1) is 0 Å². The third-order valence-electron chi connectivity index (χ3n) is 5.52. The van der Waals surface area contributed by atoms with Gasteiger partial charge in [0.2, 0.25) is 5.91 Å². The van der Waals surface area contributed by atoms with Crippen LogP contribution in [0, 0.1) is 11.3 Å². The van der Waals surface area contributed by atoms with Crippen molar-refractivity contribution < 1.29 is 9.59 Å². The van der Waals surface area contributed by atoms with Gasteiger partial charge in [0, 0.05) is 35.5 Å². The highest BCUT2D eigenvalue weighted by atomic mass is 16.2. The van der Waals surface area contributed by atoms with Crippen LogP contribution >= 0.6 is 0 Å². The van der Waals surface area contributed by atoms with Crippen molar-refractivity contribution in [2.75, 3.05) is 10.6 Å². The van der Waals surface area contributed by atoms with Crippen LogP contribution in [0.4, 0.5) is 17.2 Å². The molecular weight excluding hydrogens is 388 g/mol. The molecule has 6 heteroatoms. The molecule has 1 aliphatic rings. The Balaban J connectivity index is 1.81. The van der Waals surface area contributed by atoms with E-state index in [0.717, 1.165) is 40.3 Å². The van der Waals surface area contributed by atoms with Crippen LogP contribution in [0.3, 0.4) is 0 Å². The van der Waals surface area contributed by atoms with Gasteiger partial charge < -0.3 is 15.6 Å². The Morgan fingerprint density at radius 1 is 1.13 bits per heavy atom. The van der Waals surface area contributed by atoms with Crippen molar-refractivity contribution >= 4 is 28.9 Å². The van der Waals surface area contributed by atoms with E-state index in [-0.39, 0.29) is 23.0 Å². The minimum Gasteiger partial charge on any atom is -0.356 e. The van der Waals surface area contributed by atoms with Gasteiger partial charge in [-0.3, -0.25) is 9.59 Å². The summed E-state index contributed by atoms with van der Waals surface area (Å²) in [7, 11) is 0. The first-order valence-electron chi connectivity index (χ1n) is 10.6. The molecule has 0 aliphatic heterocycles. The summed E-state index contributed by atoms with van der Waals surface area (Å²) in [4.78, 5) is 33.0. The number of nitrogens with zero attached hydrogens (tertiary/aromatic N) is 1. The van der Waals surface area contributed by atoms with Gasteiger partial charge in [-0.25, -0.2) is 4.98 Å². The fraction of sp³-hybridized carbons (Fsp3) is 0.320. The zero-order valence-electron chi connectivity index (χ0n) is 18.4. The van der Waals surface area contributed by atoms with Crippen LogP contribution in [0.1, 0.15) is 50.2 Å². The van der Waals surface area contributed by atoms with E-state index in [2.05, 4.69) is 34.4 Å². The number of hydrogen-bond donors (Lipinski definition) is 3. The predicted molar refractivity (Wildman–Crippen MR) is 124 cm³/mol. The van der Waals surface area contributed by atoms with E-state index >= 15 is 0 Å². The quantitative estimate of drug-likeness (QED) is 0.507. The Morgan fingerprint density at radius 3 is 2.58 bits per heavy atom. The maximum absolute atomic E-state index is 13.1. The first-order valence-corrected chi connectivity index (χ1v) is 10.6. The SMILES string of the molecule is CC(C)C(=O)Nc1cc(-c2[nH]c3c(c2Nc2ccccc2)C(=O)CC(C)(C)C3)ccn1. The molecule has 0 fully saturated rings. The number of fused-ring (bicyclic) bond motifs is 1. The standard InChI is InChI=1S/C25H28N4O2/c1-15(2)24(31)29-20-12-16(10-11-26-20)22-23(27-17-8-6-5-7-9-17)21-18(28-22)13-25(3,4)14-19(21)30/h5-12,15,27-28H,13-14H2,1-4H3,(H,26,29,31). The van der Waals surface area contributed by atoms with Crippen molar-refractivity contribution in [3.8, 4) is 11.3 Å². The van der Waals surface area contributed by atoms with E-state index < -0.39 is 0 Å². The number of aromatic nitrogens is 2. The van der Waals surface area contributed by atoms with Crippen LogP contribution < -0.4 is 10.6 Å². The molecule has 0 spiro atoms. The summed E-state index contributed by atoms with van der Waals surface area (Å²) in [5, 5.41) is 6.31. The topological polar surface area (TPSA) is 86.9 Å². The van der Waals surface area contributed by atoms with E-state index in [1.54, 1.807) is 6.20 Å². The largest absolute Gasteiger partial charge is 0.356 e. The summed E-state index contributed by atoms with van der Waals surface area (Å²) >= 11 is 0. The van der Waals surface area contributed by atoms with E-state index in [1.807, 2.05) is 56.3 Å². The highest BCUT2D eigenvalue weighted by Gasteiger charge is 2.35. The molecular formula is C25H28N4O2. The monoisotopic (exact) mass is 416 g/mol.